The highest BCUT2D eigenvalue weighted by atomic mass is 16.5. The smallest absolute Gasteiger partial charge is 0.118 e. The number of rotatable bonds is 6. The van der Waals surface area contributed by atoms with E-state index in [9.17, 15) is 0 Å². The van der Waals surface area contributed by atoms with Crippen molar-refractivity contribution >= 4 is 0 Å². The van der Waals surface area contributed by atoms with Gasteiger partial charge in [-0.05, 0) is 43.4 Å². The molecular weight excluding hydrogens is 324 g/mol. The fourth-order valence-electron chi connectivity index (χ4n) is 4.48. The van der Waals surface area contributed by atoms with E-state index in [-0.39, 0.29) is 0 Å². The SMILES string of the molecule is CCn1cc(CN2C[C@H]3CC[C@@H]2CN(Cc2ccc(OC)cc2)C3)cn1. The zero-order chi connectivity index (χ0) is 17.9. The maximum absolute atomic E-state index is 5.28. The highest BCUT2D eigenvalue weighted by molar-refractivity contribution is 5.27. The van der Waals surface area contributed by atoms with Crippen LogP contribution in [0.5, 0.6) is 5.75 Å². The van der Waals surface area contributed by atoms with Crippen LogP contribution in [0.15, 0.2) is 36.7 Å². The molecule has 1 aromatic heterocycles. The van der Waals surface area contributed by atoms with Crippen LogP contribution in [0.25, 0.3) is 0 Å². The Kier molecular flexibility index (Phi) is 5.27. The van der Waals surface area contributed by atoms with E-state index in [0.717, 1.165) is 31.3 Å². The first-order valence-corrected chi connectivity index (χ1v) is 9.84. The molecule has 0 N–H and O–H groups in total. The van der Waals surface area contributed by atoms with Gasteiger partial charge in [0.1, 0.15) is 5.75 Å². The molecule has 2 aromatic rings. The number of hydrogen-bond donors (Lipinski definition) is 0. The molecule has 3 aliphatic heterocycles. The van der Waals surface area contributed by atoms with E-state index in [0.29, 0.717) is 6.04 Å². The molecule has 5 rings (SSSR count). The summed E-state index contributed by atoms with van der Waals surface area (Å²) < 4.78 is 7.31. The first-order valence-electron chi connectivity index (χ1n) is 9.84. The molecule has 5 heteroatoms. The molecule has 0 saturated carbocycles. The van der Waals surface area contributed by atoms with Crippen molar-refractivity contribution in [3.8, 4) is 5.75 Å². The van der Waals surface area contributed by atoms with Crippen LogP contribution in [-0.4, -0.2) is 52.4 Å². The molecule has 4 heterocycles. The van der Waals surface area contributed by atoms with Gasteiger partial charge in [-0.1, -0.05) is 12.1 Å². The van der Waals surface area contributed by atoms with Crippen molar-refractivity contribution in [2.75, 3.05) is 26.7 Å². The number of aryl methyl sites for hydroxylation is 1. The third-order valence-electron chi connectivity index (χ3n) is 5.86. The van der Waals surface area contributed by atoms with Crippen LogP contribution in [0.4, 0.5) is 0 Å². The molecule has 2 bridgehead atoms. The predicted molar refractivity (Wildman–Crippen MR) is 103 cm³/mol. The topological polar surface area (TPSA) is 33.5 Å². The van der Waals surface area contributed by atoms with Crippen molar-refractivity contribution < 1.29 is 4.74 Å². The van der Waals surface area contributed by atoms with Gasteiger partial charge in [-0.15, -0.1) is 0 Å². The largest absolute Gasteiger partial charge is 0.497 e. The standard InChI is InChI=1S/C21H30N4O/c1-3-25-15-19(10-22-25)14-24-13-18-4-7-20(24)16-23(12-18)11-17-5-8-21(26-2)9-6-17/h5-6,8-10,15,18,20H,3-4,7,11-14,16H2,1-2H3/t18-,20+/m0/s1. The number of benzene rings is 1. The quantitative estimate of drug-likeness (QED) is 0.798. The summed E-state index contributed by atoms with van der Waals surface area (Å²) in [5.41, 5.74) is 2.73. The monoisotopic (exact) mass is 354 g/mol. The molecule has 26 heavy (non-hydrogen) atoms. The number of methoxy groups -OCH3 is 1. The minimum Gasteiger partial charge on any atom is -0.497 e. The predicted octanol–water partition coefficient (Wildman–Crippen LogP) is 3.01. The van der Waals surface area contributed by atoms with Crippen LogP contribution in [0, 0.1) is 5.92 Å². The molecule has 1 aromatic carbocycles. The lowest BCUT2D eigenvalue weighted by Gasteiger charge is -2.35. The van der Waals surface area contributed by atoms with Crippen LogP contribution in [0.3, 0.4) is 0 Å². The third kappa shape index (κ3) is 3.94. The maximum Gasteiger partial charge on any atom is 0.118 e. The summed E-state index contributed by atoms with van der Waals surface area (Å²) in [5, 5.41) is 4.44. The Hall–Kier alpha value is -1.85. The molecular formula is C21H30N4O. The molecule has 0 aliphatic carbocycles. The summed E-state index contributed by atoms with van der Waals surface area (Å²) in [6.45, 7) is 8.78. The Morgan fingerprint density at radius 1 is 1.04 bits per heavy atom. The molecule has 0 unspecified atom stereocenters. The first-order chi connectivity index (χ1) is 12.7. The maximum atomic E-state index is 5.28. The van der Waals surface area contributed by atoms with Gasteiger partial charge < -0.3 is 4.74 Å². The van der Waals surface area contributed by atoms with Gasteiger partial charge in [0.25, 0.3) is 0 Å². The average molecular weight is 354 g/mol. The van der Waals surface area contributed by atoms with Gasteiger partial charge >= 0.3 is 0 Å². The Labute approximate surface area is 156 Å². The lowest BCUT2D eigenvalue weighted by Crippen LogP contribution is -2.43. The molecule has 0 spiro atoms. The lowest BCUT2D eigenvalue weighted by atomic mass is 9.95. The van der Waals surface area contributed by atoms with Gasteiger partial charge in [-0.25, -0.2) is 0 Å². The van der Waals surface area contributed by atoms with Crippen molar-refractivity contribution in [1.29, 1.82) is 0 Å². The normalized spacial score (nSPS) is 23.9. The second kappa shape index (κ2) is 7.80. The molecule has 2 atom stereocenters. The van der Waals surface area contributed by atoms with E-state index in [4.69, 9.17) is 4.74 Å². The van der Waals surface area contributed by atoms with Crippen molar-refractivity contribution in [2.24, 2.45) is 5.92 Å². The van der Waals surface area contributed by atoms with E-state index in [1.54, 1.807) is 7.11 Å². The lowest BCUT2D eigenvalue weighted by molar-refractivity contribution is 0.123. The van der Waals surface area contributed by atoms with Gasteiger partial charge in [0.15, 0.2) is 0 Å². The highest BCUT2D eigenvalue weighted by Gasteiger charge is 2.34. The van der Waals surface area contributed by atoms with Crippen molar-refractivity contribution in [3.05, 3.63) is 47.8 Å². The Morgan fingerprint density at radius 3 is 2.62 bits per heavy atom. The number of fused-ring (bicyclic) bond motifs is 4. The van der Waals surface area contributed by atoms with Gasteiger partial charge in [-0.3, -0.25) is 14.5 Å². The minimum atomic E-state index is 0.664. The average Bonchev–Trinajstić information content (AvgIpc) is 2.95. The van der Waals surface area contributed by atoms with Crippen LogP contribution in [0.2, 0.25) is 0 Å². The van der Waals surface area contributed by atoms with Crippen LogP contribution in [0.1, 0.15) is 30.9 Å². The highest BCUT2D eigenvalue weighted by Crippen LogP contribution is 2.30. The molecule has 5 nitrogen and oxygen atoms in total. The number of piperidine rings is 1. The Balaban J connectivity index is 1.40. The van der Waals surface area contributed by atoms with Crippen LogP contribution >= 0.6 is 0 Å². The fourth-order valence-corrected chi connectivity index (χ4v) is 4.48. The van der Waals surface area contributed by atoms with Gasteiger partial charge in [-0.2, -0.15) is 5.10 Å². The number of hydrogen-bond acceptors (Lipinski definition) is 4. The van der Waals surface area contributed by atoms with Crippen LogP contribution < -0.4 is 4.74 Å². The summed E-state index contributed by atoms with van der Waals surface area (Å²) in [6.07, 6.45) is 6.94. The number of aromatic nitrogens is 2. The summed E-state index contributed by atoms with van der Waals surface area (Å²) in [5.74, 6) is 1.72. The van der Waals surface area contributed by atoms with E-state index in [2.05, 4.69) is 52.3 Å². The van der Waals surface area contributed by atoms with Crippen molar-refractivity contribution in [2.45, 2.75) is 45.4 Å². The second-order valence-electron chi connectivity index (χ2n) is 7.77. The zero-order valence-electron chi connectivity index (χ0n) is 16.0. The van der Waals surface area contributed by atoms with E-state index >= 15 is 0 Å². The van der Waals surface area contributed by atoms with Crippen LogP contribution in [-0.2, 0) is 19.6 Å². The second-order valence-corrected chi connectivity index (χ2v) is 7.77. The number of nitrogens with zero attached hydrogens (tertiary/aromatic N) is 4. The summed E-state index contributed by atoms with van der Waals surface area (Å²) in [7, 11) is 1.72. The zero-order valence-corrected chi connectivity index (χ0v) is 16.0. The molecule has 3 saturated heterocycles. The molecule has 0 amide bonds. The summed E-state index contributed by atoms with van der Waals surface area (Å²) in [6, 6.07) is 9.20. The van der Waals surface area contributed by atoms with Gasteiger partial charge in [0.2, 0.25) is 0 Å². The van der Waals surface area contributed by atoms with E-state index in [1.807, 2.05) is 10.9 Å². The molecule has 140 valence electrons. The summed E-state index contributed by atoms with van der Waals surface area (Å²) >= 11 is 0. The van der Waals surface area contributed by atoms with E-state index < -0.39 is 0 Å². The fraction of sp³-hybridized carbons (Fsp3) is 0.571. The van der Waals surface area contributed by atoms with Crippen molar-refractivity contribution in [3.63, 3.8) is 0 Å². The van der Waals surface area contributed by atoms with E-state index in [1.165, 1.54) is 43.6 Å². The van der Waals surface area contributed by atoms with Gasteiger partial charge in [0.05, 0.1) is 13.3 Å². The Morgan fingerprint density at radius 2 is 1.88 bits per heavy atom. The third-order valence-corrected chi connectivity index (χ3v) is 5.86. The van der Waals surface area contributed by atoms with Gasteiger partial charge in [0, 0.05) is 57.1 Å². The first kappa shape index (κ1) is 17.6. The molecule has 3 aliphatic rings. The summed E-state index contributed by atoms with van der Waals surface area (Å²) in [4.78, 5) is 5.35. The number of ether oxygens (including phenoxy) is 1. The minimum absolute atomic E-state index is 0.664. The van der Waals surface area contributed by atoms with Crippen molar-refractivity contribution in [1.82, 2.24) is 19.6 Å². The molecule has 0 radical (unpaired) electrons. The Bertz CT molecular complexity index is 711. The molecule has 3 fully saturated rings.